The van der Waals surface area contributed by atoms with Crippen LogP contribution in [0.3, 0.4) is 0 Å². The summed E-state index contributed by atoms with van der Waals surface area (Å²) in [4.78, 5) is 0. The Morgan fingerprint density at radius 1 is 1.26 bits per heavy atom. The highest BCUT2D eigenvalue weighted by molar-refractivity contribution is 7.91. The fraction of sp³-hybridized carbons (Fsp3) is 1.00. The Labute approximate surface area is 116 Å². The molecule has 2 saturated heterocycles. The minimum atomic E-state index is -2.84. The molecule has 1 N–H and O–H groups in total. The van der Waals surface area contributed by atoms with Gasteiger partial charge in [-0.2, -0.15) is 0 Å². The standard InChI is InChI=1S/C14H25NO3S/c1-13(2)11(10-5-4-7-18-12(10)13)15-14(3)6-8-19(16,17)9-14/h10-12,15H,4-9H2,1-3H3. The maximum Gasteiger partial charge on any atom is 0.152 e. The molecule has 0 amide bonds. The third-order valence-electron chi connectivity index (χ3n) is 5.34. The maximum atomic E-state index is 11.7. The zero-order chi connectivity index (χ0) is 13.9. The molecule has 3 aliphatic rings. The fourth-order valence-corrected chi connectivity index (χ4v) is 6.42. The molecule has 1 aliphatic carbocycles. The Hall–Kier alpha value is -0.130. The number of hydrogen-bond acceptors (Lipinski definition) is 4. The van der Waals surface area contributed by atoms with E-state index in [-0.39, 0.29) is 16.7 Å². The van der Waals surface area contributed by atoms with Gasteiger partial charge in [0.1, 0.15) is 0 Å². The van der Waals surface area contributed by atoms with Crippen molar-refractivity contribution in [3.8, 4) is 0 Å². The Kier molecular flexibility index (Phi) is 3.05. The maximum absolute atomic E-state index is 11.7. The van der Waals surface area contributed by atoms with Crippen LogP contribution in [0.5, 0.6) is 0 Å². The third-order valence-corrected chi connectivity index (χ3v) is 7.24. The van der Waals surface area contributed by atoms with Crippen molar-refractivity contribution in [2.75, 3.05) is 18.1 Å². The van der Waals surface area contributed by atoms with Gasteiger partial charge in [0.25, 0.3) is 0 Å². The first-order valence-corrected chi connectivity index (χ1v) is 9.15. The molecule has 110 valence electrons. The summed E-state index contributed by atoms with van der Waals surface area (Å²) >= 11 is 0. The van der Waals surface area contributed by atoms with E-state index in [4.69, 9.17) is 4.74 Å². The molecule has 0 bridgehead atoms. The van der Waals surface area contributed by atoms with Gasteiger partial charge in [-0.05, 0) is 26.2 Å². The van der Waals surface area contributed by atoms with E-state index in [9.17, 15) is 8.42 Å². The first kappa shape index (κ1) is 13.8. The monoisotopic (exact) mass is 287 g/mol. The summed E-state index contributed by atoms with van der Waals surface area (Å²) in [6.45, 7) is 7.42. The van der Waals surface area contributed by atoms with Gasteiger partial charge in [-0.3, -0.25) is 0 Å². The lowest BCUT2D eigenvalue weighted by atomic mass is 9.55. The van der Waals surface area contributed by atoms with E-state index in [2.05, 4.69) is 26.1 Å². The largest absolute Gasteiger partial charge is 0.377 e. The molecule has 2 aliphatic heterocycles. The van der Waals surface area contributed by atoms with Gasteiger partial charge in [-0.15, -0.1) is 0 Å². The fourth-order valence-electron chi connectivity index (χ4n) is 4.32. The Morgan fingerprint density at radius 3 is 2.63 bits per heavy atom. The Balaban J connectivity index is 1.73. The third kappa shape index (κ3) is 2.24. The average Bonchev–Trinajstić information content (AvgIpc) is 2.61. The van der Waals surface area contributed by atoms with Gasteiger partial charge in [0.2, 0.25) is 0 Å². The van der Waals surface area contributed by atoms with Crippen molar-refractivity contribution in [1.82, 2.24) is 5.32 Å². The summed E-state index contributed by atoms with van der Waals surface area (Å²) < 4.78 is 29.3. The normalized spacial score (nSPS) is 47.4. The molecule has 0 aromatic rings. The molecule has 2 heterocycles. The molecule has 0 radical (unpaired) electrons. The highest BCUT2D eigenvalue weighted by Crippen LogP contribution is 2.52. The second-order valence-electron chi connectivity index (χ2n) is 7.44. The van der Waals surface area contributed by atoms with E-state index < -0.39 is 9.84 Å². The van der Waals surface area contributed by atoms with Crippen molar-refractivity contribution in [1.29, 1.82) is 0 Å². The van der Waals surface area contributed by atoms with Gasteiger partial charge in [0.05, 0.1) is 17.6 Å². The molecular formula is C14H25NO3S. The summed E-state index contributed by atoms with van der Waals surface area (Å²) in [6, 6.07) is 0.385. The zero-order valence-corrected chi connectivity index (χ0v) is 12.9. The van der Waals surface area contributed by atoms with Crippen LogP contribution in [0.25, 0.3) is 0 Å². The average molecular weight is 287 g/mol. The predicted octanol–water partition coefficient (Wildman–Crippen LogP) is 1.36. The SMILES string of the molecule is CC1(NC2C3CCCOC3C2(C)C)CCS(=O)(=O)C1. The lowest BCUT2D eigenvalue weighted by molar-refractivity contribution is -0.196. The minimum Gasteiger partial charge on any atom is -0.377 e. The lowest BCUT2D eigenvalue weighted by Crippen LogP contribution is -2.72. The Morgan fingerprint density at radius 2 is 2.00 bits per heavy atom. The summed E-state index contributed by atoms with van der Waals surface area (Å²) in [5, 5.41) is 3.68. The summed E-state index contributed by atoms with van der Waals surface area (Å²) in [5.41, 5.74) is -0.135. The summed E-state index contributed by atoms with van der Waals surface area (Å²) in [6.07, 6.45) is 3.42. The molecule has 5 heteroatoms. The van der Waals surface area contributed by atoms with Gasteiger partial charge in [0, 0.05) is 29.5 Å². The topological polar surface area (TPSA) is 55.4 Å². The van der Waals surface area contributed by atoms with Crippen LogP contribution in [0.1, 0.15) is 40.0 Å². The number of hydrogen-bond donors (Lipinski definition) is 1. The van der Waals surface area contributed by atoms with Crippen molar-refractivity contribution in [2.24, 2.45) is 11.3 Å². The van der Waals surface area contributed by atoms with Gasteiger partial charge in [0.15, 0.2) is 9.84 Å². The van der Waals surface area contributed by atoms with E-state index in [1.54, 1.807) is 0 Å². The molecule has 4 unspecified atom stereocenters. The van der Waals surface area contributed by atoms with E-state index >= 15 is 0 Å². The molecule has 4 atom stereocenters. The predicted molar refractivity (Wildman–Crippen MR) is 74.8 cm³/mol. The minimum absolute atomic E-state index is 0.112. The van der Waals surface area contributed by atoms with Crippen LogP contribution in [-0.2, 0) is 14.6 Å². The molecule has 19 heavy (non-hydrogen) atoms. The number of rotatable bonds is 2. The van der Waals surface area contributed by atoms with Gasteiger partial charge < -0.3 is 10.1 Å². The van der Waals surface area contributed by atoms with Crippen LogP contribution >= 0.6 is 0 Å². The number of ether oxygens (including phenoxy) is 1. The molecule has 0 aromatic heterocycles. The Bertz CT molecular complexity index is 473. The van der Waals surface area contributed by atoms with E-state index in [1.807, 2.05) is 0 Å². The lowest BCUT2D eigenvalue weighted by Gasteiger charge is -2.61. The summed E-state index contributed by atoms with van der Waals surface area (Å²) in [5.74, 6) is 1.17. The van der Waals surface area contributed by atoms with Crippen molar-refractivity contribution in [2.45, 2.75) is 57.7 Å². The van der Waals surface area contributed by atoms with E-state index in [0.717, 1.165) is 19.4 Å². The second-order valence-corrected chi connectivity index (χ2v) is 9.63. The van der Waals surface area contributed by atoms with E-state index in [0.29, 0.717) is 23.8 Å². The van der Waals surface area contributed by atoms with Crippen LogP contribution in [-0.4, -0.2) is 44.2 Å². The van der Waals surface area contributed by atoms with Crippen LogP contribution in [0.2, 0.25) is 0 Å². The number of sulfone groups is 1. The molecule has 0 aromatic carbocycles. The molecular weight excluding hydrogens is 262 g/mol. The van der Waals surface area contributed by atoms with Crippen LogP contribution < -0.4 is 5.32 Å². The summed E-state index contributed by atoms with van der Waals surface area (Å²) in [7, 11) is -2.84. The van der Waals surface area contributed by atoms with Crippen LogP contribution in [0.4, 0.5) is 0 Å². The first-order valence-electron chi connectivity index (χ1n) is 7.33. The zero-order valence-electron chi connectivity index (χ0n) is 12.1. The number of nitrogens with one attached hydrogen (secondary N) is 1. The molecule has 0 spiro atoms. The van der Waals surface area contributed by atoms with Gasteiger partial charge >= 0.3 is 0 Å². The van der Waals surface area contributed by atoms with Crippen LogP contribution in [0.15, 0.2) is 0 Å². The molecule has 3 fully saturated rings. The van der Waals surface area contributed by atoms with Crippen LogP contribution in [0, 0.1) is 11.3 Å². The van der Waals surface area contributed by atoms with Gasteiger partial charge in [-0.25, -0.2) is 8.42 Å². The quantitative estimate of drug-likeness (QED) is 0.833. The first-order chi connectivity index (χ1) is 8.74. The van der Waals surface area contributed by atoms with Crippen molar-refractivity contribution < 1.29 is 13.2 Å². The van der Waals surface area contributed by atoms with E-state index in [1.165, 1.54) is 6.42 Å². The highest BCUT2D eigenvalue weighted by Gasteiger charge is 2.59. The molecule has 4 nitrogen and oxygen atoms in total. The van der Waals surface area contributed by atoms with Gasteiger partial charge in [-0.1, -0.05) is 13.8 Å². The second kappa shape index (κ2) is 4.18. The van der Waals surface area contributed by atoms with Crippen molar-refractivity contribution in [3.63, 3.8) is 0 Å². The smallest absolute Gasteiger partial charge is 0.152 e. The number of fused-ring (bicyclic) bond motifs is 1. The molecule has 3 rings (SSSR count). The molecule has 1 saturated carbocycles. The van der Waals surface area contributed by atoms with Crippen molar-refractivity contribution >= 4 is 9.84 Å². The van der Waals surface area contributed by atoms with Crippen molar-refractivity contribution in [3.05, 3.63) is 0 Å². The highest BCUT2D eigenvalue weighted by atomic mass is 32.2.